The van der Waals surface area contributed by atoms with Gasteiger partial charge in [0.05, 0.1) is 6.04 Å². The summed E-state index contributed by atoms with van der Waals surface area (Å²) in [5, 5.41) is 3.23. The number of piperazine rings is 1. The largest absolute Gasteiger partial charge is 0.369 e. The van der Waals surface area contributed by atoms with E-state index >= 15 is 0 Å². The SMILES string of the molecule is O=C(NC[C@H](c1cccnc1)N1CCN(c2ccc(F)cc2)CC1)C1CCCCC1. The van der Waals surface area contributed by atoms with Gasteiger partial charge in [-0.25, -0.2) is 4.39 Å². The smallest absolute Gasteiger partial charge is 0.223 e. The third-order valence-corrected chi connectivity index (χ3v) is 6.46. The number of pyridine rings is 1. The van der Waals surface area contributed by atoms with Gasteiger partial charge in [0.25, 0.3) is 0 Å². The molecule has 0 spiro atoms. The molecule has 5 nitrogen and oxygen atoms in total. The summed E-state index contributed by atoms with van der Waals surface area (Å²) in [5.74, 6) is 0.167. The Morgan fingerprint density at radius 3 is 2.47 bits per heavy atom. The number of carbonyl (C=O) groups excluding carboxylic acids is 1. The Hall–Kier alpha value is -2.47. The molecule has 1 aromatic carbocycles. The molecule has 1 amide bonds. The summed E-state index contributed by atoms with van der Waals surface area (Å²) in [6.45, 7) is 4.13. The van der Waals surface area contributed by atoms with E-state index in [1.807, 2.05) is 24.4 Å². The van der Waals surface area contributed by atoms with E-state index in [4.69, 9.17) is 0 Å². The van der Waals surface area contributed by atoms with Crippen molar-refractivity contribution in [2.24, 2.45) is 5.92 Å². The summed E-state index contributed by atoms with van der Waals surface area (Å²) >= 11 is 0. The minimum atomic E-state index is -0.206. The van der Waals surface area contributed by atoms with Crippen molar-refractivity contribution in [2.75, 3.05) is 37.6 Å². The summed E-state index contributed by atoms with van der Waals surface area (Å²) in [4.78, 5) is 21.7. The Morgan fingerprint density at radius 1 is 1.07 bits per heavy atom. The quantitative estimate of drug-likeness (QED) is 0.787. The molecule has 6 heteroatoms. The van der Waals surface area contributed by atoms with E-state index in [-0.39, 0.29) is 23.7 Å². The third kappa shape index (κ3) is 5.17. The highest BCUT2D eigenvalue weighted by Crippen LogP contribution is 2.26. The van der Waals surface area contributed by atoms with Gasteiger partial charge < -0.3 is 10.2 Å². The number of hydrogen-bond donors (Lipinski definition) is 1. The minimum Gasteiger partial charge on any atom is -0.369 e. The Kier molecular flexibility index (Phi) is 6.95. The van der Waals surface area contributed by atoms with E-state index in [9.17, 15) is 9.18 Å². The predicted molar refractivity (Wildman–Crippen MR) is 117 cm³/mol. The third-order valence-electron chi connectivity index (χ3n) is 6.46. The van der Waals surface area contributed by atoms with Gasteiger partial charge in [-0.3, -0.25) is 14.7 Å². The summed E-state index contributed by atoms with van der Waals surface area (Å²) in [6, 6.07) is 10.9. The van der Waals surface area contributed by atoms with E-state index in [1.54, 1.807) is 6.20 Å². The van der Waals surface area contributed by atoms with Crippen molar-refractivity contribution in [3.63, 3.8) is 0 Å². The van der Waals surface area contributed by atoms with Gasteiger partial charge in [0.15, 0.2) is 0 Å². The maximum atomic E-state index is 13.2. The number of rotatable bonds is 6. The number of nitrogens with one attached hydrogen (secondary N) is 1. The van der Waals surface area contributed by atoms with Crippen molar-refractivity contribution in [1.82, 2.24) is 15.2 Å². The zero-order chi connectivity index (χ0) is 20.8. The standard InChI is InChI=1S/C24H31FN4O/c25-21-8-10-22(11-9-21)28-13-15-29(16-14-28)23(20-7-4-12-26-17-20)18-27-24(30)19-5-2-1-3-6-19/h4,7-12,17,19,23H,1-3,5-6,13-16,18H2,(H,27,30)/t23-/m1/s1. The average molecular weight is 411 g/mol. The molecule has 160 valence electrons. The molecule has 0 bridgehead atoms. The fourth-order valence-electron chi connectivity index (χ4n) is 4.68. The molecule has 1 atom stereocenters. The van der Waals surface area contributed by atoms with Crippen LogP contribution in [0.2, 0.25) is 0 Å². The number of hydrogen-bond acceptors (Lipinski definition) is 4. The molecule has 2 heterocycles. The summed E-state index contributed by atoms with van der Waals surface area (Å²) < 4.78 is 13.2. The van der Waals surface area contributed by atoms with E-state index in [1.165, 1.54) is 18.6 Å². The van der Waals surface area contributed by atoms with Crippen molar-refractivity contribution in [3.8, 4) is 0 Å². The van der Waals surface area contributed by atoms with E-state index in [2.05, 4.69) is 26.2 Å². The van der Waals surface area contributed by atoms with Gasteiger partial charge in [-0.05, 0) is 48.7 Å². The monoisotopic (exact) mass is 410 g/mol. The molecule has 0 radical (unpaired) electrons. The first-order chi connectivity index (χ1) is 14.7. The number of amides is 1. The topological polar surface area (TPSA) is 48.5 Å². The van der Waals surface area contributed by atoms with Gasteiger partial charge in [0.2, 0.25) is 5.91 Å². The van der Waals surface area contributed by atoms with Crippen LogP contribution in [0.4, 0.5) is 10.1 Å². The lowest BCUT2D eigenvalue weighted by atomic mass is 9.88. The van der Waals surface area contributed by atoms with Gasteiger partial charge in [-0.15, -0.1) is 0 Å². The minimum absolute atomic E-state index is 0.113. The van der Waals surface area contributed by atoms with E-state index in [0.717, 1.165) is 63.1 Å². The van der Waals surface area contributed by atoms with Crippen LogP contribution in [-0.2, 0) is 4.79 Å². The fourth-order valence-corrected chi connectivity index (χ4v) is 4.68. The first-order valence-corrected chi connectivity index (χ1v) is 11.1. The lowest BCUT2D eigenvalue weighted by Crippen LogP contribution is -2.50. The molecule has 1 aliphatic heterocycles. The molecule has 2 fully saturated rings. The Morgan fingerprint density at radius 2 is 1.80 bits per heavy atom. The number of carbonyl (C=O) groups is 1. The second-order valence-corrected chi connectivity index (χ2v) is 8.38. The molecule has 0 unspecified atom stereocenters. The number of aromatic nitrogens is 1. The molecule has 1 saturated heterocycles. The van der Waals surface area contributed by atoms with Crippen LogP contribution in [0.3, 0.4) is 0 Å². The molecule has 2 aliphatic rings. The lowest BCUT2D eigenvalue weighted by Gasteiger charge is -2.40. The van der Waals surface area contributed by atoms with Crippen LogP contribution < -0.4 is 10.2 Å². The first kappa shape index (κ1) is 20.8. The molecule has 4 rings (SSSR count). The molecular formula is C24H31FN4O. The van der Waals surface area contributed by atoms with Gasteiger partial charge in [-0.2, -0.15) is 0 Å². The highest BCUT2D eigenvalue weighted by atomic mass is 19.1. The maximum absolute atomic E-state index is 13.2. The summed E-state index contributed by atoms with van der Waals surface area (Å²) in [6.07, 6.45) is 9.29. The zero-order valence-electron chi connectivity index (χ0n) is 17.5. The van der Waals surface area contributed by atoms with Crippen LogP contribution in [0.15, 0.2) is 48.8 Å². The number of nitrogens with zero attached hydrogens (tertiary/aromatic N) is 3. The maximum Gasteiger partial charge on any atom is 0.223 e. The Balaban J connectivity index is 1.39. The van der Waals surface area contributed by atoms with Crippen LogP contribution in [0.25, 0.3) is 0 Å². The Bertz CT molecular complexity index is 800. The van der Waals surface area contributed by atoms with Crippen LogP contribution in [0.5, 0.6) is 0 Å². The van der Waals surface area contributed by atoms with Crippen molar-refractivity contribution in [2.45, 2.75) is 38.1 Å². The van der Waals surface area contributed by atoms with Crippen LogP contribution in [0, 0.1) is 11.7 Å². The van der Waals surface area contributed by atoms with Crippen molar-refractivity contribution >= 4 is 11.6 Å². The molecule has 1 N–H and O–H groups in total. The van der Waals surface area contributed by atoms with Gasteiger partial charge in [0.1, 0.15) is 5.82 Å². The molecule has 1 aliphatic carbocycles. The molecule has 1 saturated carbocycles. The average Bonchev–Trinajstić information content (AvgIpc) is 2.81. The molecular weight excluding hydrogens is 379 g/mol. The number of halogens is 1. The zero-order valence-corrected chi connectivity index (χ0v) is 17.5. The highest BCUT2D eigenvalue weighted by molar-refractivity contribution is 5.78. The lowest BCUT2D eigenvalue weighted by molar-refractivity contribution is -0.126. The molecule has 2 aromatic rings. The second kappa shape index (κ2) is 10.0. The number of anilines is 1. The van der Waals surface area contributed by atoms with E-state index < -0.39 is 0 Å². The van der Waals surface area contributed by atoms with Crippen molar-refractivity contribution < 1.29 is 9.18 Å². The predicted octanol–water partition coefficient (Wildman–Crippen LogP) is 3.78. The second-order valence-electron chi connectivity index (χ2n) is 8.38. The first-order valence-electron chi connectivity index (χ1n) is 11.1. The van der Waals surface area contributed by atoms with Gasteiger partial charge >= 0.3 is 0 Å². The normalized spacial score (nSPS) is 19.4. The fraction of sp³-hybridized carbons (Fsp3) is 0.500. The van der Waals surface area contributed by atoms with Crippen LogP contribution in [-0.4, -0.2) is 48.5 Å². The summed E-state index contributed by atoms with van der Waals surface area (Å²) in [7, 11) is 0. The Labute approximate surface area is 178 Å². The van der Waals surface area contributed by atoms with E-state index in [0.29, 0.717) is 6.54 Å². The van der Waals surface area contributed by atoms with Crippen molar-refractivity contribution in [1.29, 1.82) is 0 Å². The van der Waals surface area contributed by atoms with Crippen LogP contribution in [0.1, 0.15) is 43.7 Å². The van der Waals surface area contributed by atoms with Crippen LogP contribution >= 0.6 is 0 Å². The summed E-state index contributed by atoms with van der Waals surface area (Å²) in [5.41, 5.74) is 2.19. The van der Waals surface area contributed by atoms with Gasteiger partial charge in [0, 0.05) is 56.7 Å². The highest BCUT2D eigenvalue weighted by Gasteiger charge is 2.27. The van der Waals surface area contributed by atoms with Crippen molar-refractivity contribution in [3.05, 3.63) is 60.2 Å². The number of benzene rings is 1. The molecule has 1 aromatic heterocycles. The van der Waals surface area contributed by atoms with Gasteiger partial charge in [-0.1, -0.05) is 25.3 Å². The molecule has 30 heavy (non-hydrogen) atoms.